The Kier molecular flexibility index (Phi) is 13.0. The zero-order chi connectivity index (χ0) is 46.8. The second-order valence-electron chi connectivity index (χ2n) is 16.7. The third kappa shape index (κ3) is 8.94. The monoisotopic (exact) mass is 908 g/mol. The first-order chi connectivity index (χ1) is 32.6. The van der Waals surface area contributed by atoms with E-state index in [-0.39, 0.29) is 13.2 Å². The van der Waals surface area contributed by atoms with Crippen LogP contribution in [0.2, 0.25) is 0 Å². The van der Waals surface area contributed by atoms with Gasteiger partial charge in [-0.05, 0) is 76.6 Å². The van der Waals surface area contributed by atoms with Crippen LogP contribution in [0.15, 0.2) is 67.0 Å². The molecule has 9 rings (SSSR count). The van der Waals surface area contributed by atoms with E-state index in [1.807, 2.05) is 61.5 Å². The lowest BCUT2D eigenvalue weighted by Gasteiger charge is -2.26. The molecule has 8 aromatic rings. The fraction of sp³-hybridized carbons (Fsp3) is 0.367. The topological polar surface area (TPSA) is 222 Å². The van der Waals surface area contributed by atoms with E-state index < -0.39 is 11.8 Å². The van der Waals surface area contributed by atoms with Crippen LogP contribution in [0.5, 0.6) is 11.5 Å². The number of aromatic nitrogens is 9. The average molecular weight is 909 g/mol. The van der Waals surface area contributed by atoms with Crippen molar-refractivity contribution in [3.05, 3.63) is 89.5 Å². The number of nitrogens with two attached hydrogens (primary N) is 2. The molecule has 0 saturated carbocycles. The smallest absolute Gasteiger partial charge is 0.248 e. The summed E-state index contributed by atoms with van der Waals surface area (Å²) in [4.78, 5) is 42.8. The number of carbonyl (C=O) groups excluding carboxylic acids is 2. The fourth-order valence-corrected chi connectivity index (χ4v) is 9.05. The molecule has 7 heterocycles. The summed E-state index contributed by atoms with van der Waals surface area (Å²) in [5.41, 5.74) is 19.6. The summed E-state index contributed by atoms with van der Waals surface area (Å²) in [7, 11) is 0. The first-order valence-electron chi connectivity index (χ1n) is 22.9. The van der Waals surface area contributed by atoms with Gasteiger partial charge in [-0.2, -0.15) is 10.2 Å². The first-order valence-corrected chi connectivity index (χ1v) is 22.9. The summed E-state index contributed by atoms with van der Waals surface area (Å²) in [6.07, 6.45) is 8.95. The van der Waals surface area contributed by atoms with Gasteiger partial charge < -0.3 is 39.9 Å². The third-order valence-corrected chi connectivity index (χ3v) is 12.2. The van der Waals surface area contributed by atoms with Gasteiger partial charge in [0.15, 0.2) is 5.82 Å². The Bertz CT molecular complexity index is 3170. The van der Waals surface area contributed by atoms with E-state index in [0.29, 0.717) is 86.5 Å². The molecule has 0 bridgehead atoms. The molecule has 1 aliphatic rings. The van der Waals surface area contributed by atoms with Crippen molar-refractivity contribution in [2.75, 3.05) is 52.7 Å². The number of primary amides is 2. The standard InChI is InChI=1S/C49H56N12O6/c1-5-60-40(21-30(3)55-60)38-27-39-36(28-52-38)34-23-32(46(50)63)25-42(67-18-10-16-62)44(34)58(39)12-7-8-13-59-45-35(37-29-53-48(54-49(37)59)41-22-31(4)56-61(41)6-2)24-33(47(51)64)26-43(45)66-17-9-11-57-14-19-65-20-15-57/h7-8,21-29,62H,5-6,9-20H2,1-4H3,(H2,50,63)(H2,51,64)/b8-7+. The van der Waals surface area contributed by atoms with Gasteiger partial charge in [-0.1, -0.05) is 12.2 Å². The number of rotatable bonds is 19. The first kappa shape index (κ1) is 45.0. The zero-order valence-electron chi connectivity index (χ0n) is 38.4. The number of allylic oxidation sites excluding steroid dienone is 2. The van der Waals surface area contributed by atoms with Gasteiger partial charge in [0.05, 0.1) is 65.8 Å². The number of aliphatic hydroxyl groups excluding tert-OH is 1. The molecule has 67 heavy (non-hydrogen) atoms. The van der Waals surface area contributed by atoms with E-state index in [0.717, 1.165) is 92.6 Å². The Hall–Kier alpha value is -7.15. The van der Waals surface area contributed by atoms with Crippen molar-refractivity contribution in [1.29, 1.82) is 0 Å². The lowest BCUT2D eigenvalue weighted by molar-refractivity contribution is 0.0358. The van der Waals surface area contributed by atoms with Crippen LogP contribution in [-0.4, -0.2) is 118 Å². The van der Waals surface area contributed by atoms with Gasteiger partial charge >= 0.3 is 0 Å². The highest BCUT2D eigenvalue weighted by Crippen LogP contribution is 2.39. The van der Waals surface area contributed by atoms with Crippen LogP contribution >= 0.6 is 0 Å². The Morgan fingerprint density at radius 2 is 1.31 bits per heavy atom. The number of hydrogen-bond donors (Lipinski definition) is 3. The van der Waals surface area contributed by atoms with Crippen molar-refractivity contribution in [2.45, 2.75) is 66.7 Å². The third-order valence-electron chi connectivity index (χ3n) is 12.2. The van der Waals surface area contributed by atoms with Crippen LogP contribution in [0.3, 0.4) is 0 Å². The highest BCUT2D eigenvalue weighted by Gasteiger charge is 2.23. The van der Waals surface area contributed by atoms with Gasteiger partial charge in [-0.25, -0.2) is 9.97 Å². The van der Waals surface area contributed by atoms with Crippen LogP contribution in [0, 0.1) is 13.8 Å². The number of benzene rings is 2. The molecule has 1 saturated heterocycles. The maximum Gasteiger partial charge on any atom is 0.248 e. The van der Waals surface area contributed by atoms with Crippen LogP contribution in [-0.2, 0) is 30.9 Å². The molecule has 5 N–H and O–H groups in total. The molecule has 18 nitrogen and oxygen atoms in total. The van der Waals surface area contributed by atoms with Crippen LogP contribution in [0.25, 0.3) is 66.6 Å². The number of morpholine rings is 1. The predicted octanol–water partition coefficient (Wildman–Crippen LogP) is 5.79. The Labute approximate surface area is 386 Å². The summed E-state index contributed by atoms with van der Waals surface area (Å²) >= 11 is 0. The number of carbonyl (C=O) groups is 2. The van der Waals surface area contributed by atoms with Crippen molar-refractivity contribution < 1.29 is 28.9 Å². The van der Waals surface area contributed by atoms with Crippen LogP contribution in [0.1, 0.15) is 58.8 Å². The summed E-state index contributed by atoms with van der Waals surface area (Å²) in [5.74, 6) is 0.355. The number of aliphatic hydroxyl groups is 1. The molecular weight excluding hydrogens is 853 g/mol. The summed E-state index contributed by atoms with van der Waals surface area (Å²) in [5, 5.41) is 22.0. The summed E-state index contributed by atoms with van der Waals surface area (Å²) < 4.78 is 26.5. The van der Waals surface area contributed by atoms with Gasteiger partial charge in [0.2, 0.25) is 11.8 Å². The van der Waals surface area contributed by atoms with Crippen LogP contribution in [0.4, 0.5) is 0 Å². The molecule has 0 radical (unpaired) electrons. The Morgan fingerprint density at radius 3 is 1.96 bits per heavy atom. The maximum absolute atomic E-state index is 12.8. The summed E-state index contributed by atoms with van der Waals surface area (Å²) in [6.45, 7) is 14.7. The molecule has 1 aliphatic heterocycles. The van der Waals surface area contributed by atoms with Crippen molar-refractivity contribution in [1.82, 2.24) is 48.5 Å². The average Bonchev–Trinajstić information content (AvgIpc) is 4.09. The van der Waals surface area contributed by atoms with Crippen molar-refractivity contribution in [3.8, 4) is 34.4 Å². The number of pyridine rings is 1. The fourth-order valence-electron chi connectivity index (χ4n) is 9.05. The molecule has 6 aromatic heterocycles. The van der Waals surface area contributed by atoms with E-state index in [9.17, 15) is 14.7 Å². The van der Waals surface area contributed by atoms with Crippen molar-refractivity contribution in [3.63, 3.8) is 0 Å². The molecular formula is C49H56N12O6. The van der Waals surface area contributed by atoms with E-state index in [2.05, 4.69) is 36.4 Å². The minimum Gasteiger partial charge on any atom is -0.491 e. The minimum absolute atomic E-state index is 0.0513. The van der Waals surface area contributed by atoms with E-state index in [4.69, 9.17) is 40.6 Å². The van der Waals surface area contributed by atoms with Crippen molar-refractivity contribution >= 4 is 55.6 Å². The Balaban J connectivity index is 1.16. The quantitative estimate of drug-likeness (QED) is 0.0649. The van der Waals surface area contributed by atoms with E-state index in [1.54, 1.807) is 30.5 Å². The minimum atomic E-state index is -0.586. The molecule has 1 fully saturated rings. The van der Waals surface area contributed by atoms with Gasteiger partial charge in [-0.15, -0.1) is 0 Å². The van der Waals surface area contributed by atoms with Crippen LogP contribution < -0.4 is 20.9 Å². The number of fused-ring (bicyclic) bond motifs is 6. The SMILES string of the molecule is CCn1nc(C)cc1-c1cc2c(cn1)c1cc(C(N)=O)cc(OCCCO)c1n2C/C=C/Cn1c2nc(-c3cc(C)nn3CC)ncc2c2cc(C(N)=O)cc(OCCCN3CCOCC3)c21. The van der Waals surface area contributed by atoms with E-state index >= 15 is 0 Å². The van der Waals surface area contributed by atoms with Gasteiger partial charge in [-0.3, -0.25) is 28.8 Å². The molecule has 18 heteroatoms. The van der Waals surface area contributed by atoms with Crippen molar-refractivity contribution in [2.24, 2.45) is 11.5 Å². The predicted molar refractivity (Wildman–Crippen MR) is 256 cm³/mol. The normalized spacial score (nSPS) is 13.6. The highest BCUT2D eigenvalue weighted by molar-refractivity contribution is 6.13. The largest absolute Gasteiger partial charge is 0.491 e. The van der Waals surface area contributed by atoms with Gasteiger partial charge in [0.25, 0.3) is 0 Å². The second-order valence-corrected chi connectivity index (χ2v) is 16.7. The van der Waals surface area contributed by atoms with Gasteiger partial charge in [0.1, 0.15) is 22.8 Å². The number of amides is 2. The number of nitrogens with zero attached hydrogens (tertiary/aromatic N) is 10. The number of aryl methyl sites for hydroxylation is 4. The van der Waals surface area contributed by atoms with E-state index in [1.165, 1.54) is 0 Å². The zero-order valence-corrected chi connectivity index (χ0v) is 38.4. The lowest BCUT2D eigenvalue weighted by atomic mass is 10.1. The maximum atomic E-state index is 12.8. The highest BCUT2D eigenvalue weighted by atomic mass is 16.5. The number of ether oxygens (including phenoxy) is 3. The molecule has 2 aromatic carbocycles. The second kappa shape index (κ2) is 19.4. The Morgan fingerprint density at radius 1 is 0.731 bits per heavy atom. The molecule has 2 amide bonds. The van der Waals surface area contributed by atoms with Gasteiger partial charge in [0, 0.05) is 104 Å². The molecule has 0 unspecified atom stereocenters. The molecule has 0 spiro atoms. The summed E-state index contributed by atoms with van der Waals surface area (Å²) in [6, 6.07) is 13.0. The number of hydrogen-bond acceptors (Lipinski definition) is 12. The lowest BCUT2D eigenvalue weighted by Crippen LogP contribution is -2.37. The molecule has 0 atom stereocenters. The molecule has 0 aliphatic carbocycles. The molecule has 348 valence electrons.